The molecule has 7 heteroatoms. The van der Waals surface area contributed by atoms with Crippen LogP contribution in [0.2, 0.25) is 0 Å². The SMILES string of the molecule is O=C(NC[C@H]1C[C@H]1C(=O)N[C@@H](C(=O)O)c1ccccc1)OCC1c2ccccc2-c2ccccc21. The Kier molecular flexibility index (Phi) is 6.23. The van der Waals surface area contributed by atoms with Gasteiger partial charge in [-0.15, -0.1) is 0 Å². The van der Waals surface area contributed by atoms with Gasteiger partial charge in [-0.3, -0.25) is 4.79 Å². The fourth-order valence-electron chi connectivity index (χ4n) is 4.84. The normalized spacial score (nSPS) is 18.6. The van der Waals surface area contributed by atoms with Crippen molar-refractivity contribution in [3.05, 3.63) is 95.6 Å². The number of fused-ring (bicyclic) bond motifs is 3. The quantitative estimate of drug-likeness (QED) is 0.460. The standard InChI is InChI=1S/C28H26N2O5/c31-26(30-25(27(32)33)17-8-2-1-3-9-17)23-14-18(23)15-29-28(34)35-16-24-21-12-6-4-10-19(21)20-11-5-7-13-22(20)24/h1-13,18,23-25H,14-16H2,(H,29,34)(H,30,31)(H,32,33)/t18-,23-,25-/m1/s1. The van der Waals surface area contributed by atoms with Gasteiger partial charge in [0.2, 0.25) is 5.91 Å². The summed E-state index contributed by atoms with van der Waals surface area (Å²) < 4.78 is 5.54. The first-order valence-electron chi connectivity index (χ1n) is 11.7. The molecule has 0 aromatic heterocycles. The molecule has 5 rings (SSSR count). The van der Waals surface area contributed by atoms with Gasteiger partial charge in [0.05, 0.1) is 0 Å². The third-order valence-electron chi connectivity index (χ3n) is 6.78. The van der Waals surface area contributed by atoms with Crippen LogP contribution in [0.15, 0.2) is 78.9 Å². The van der Waals surface area contributed by atoms with Crippen LogP contribution in [0, 0.1) is 11.8 Å². The Morgan fingerprint density at radius 3 is 2.11 bits per heavy atom. The minimum absolute atomic E-state index is 0.0152. The number of hydrogen-bond donors (Lipinski definition) is 3. The van der Waals surface area contributed by atoms with E-state index in [9.17, 15) is 19.5 Å². The summed E-state index contributed by atoms with van der Waals surface area (Å²) in [7, 11) is 0. The van der Waals surface area contributed by atoms with Crippen molar-refractivity contribution in [2.24, 2.45) is 11.8 Å². The predicted molar refractivity (Wildman–Crippen MR) is 130 cm³/mol. The molecular weight excluding hydrogens is 444 g/mol. The lowest BCUT2D eigenvalue weighted by Gasteiger charge is -2.15. The summed E-state index contributed by atoms with van der Waals surface area (Å²) in [5, 5.41) is 14.9. The number of carbonyl (C=O) groups excluding carboxylic acids is 2. The van der Waals surface area contributed by atoms with Crippen LogP contribution in [0.1, 0.15) is 35.1 Å². The molecule has 2 aliphatic rings. The maximum absolute atomic E-state index is 12.6. The third kappa shape index (κ3) is 4.75. The van der Waals surface area contributed by atoms with Gasteiger partial charge in [-0.1, -0.05) is 78.9 Å². The van der Waals surface area contributed by atoms with E-state index in [1.165, 1.54) is 11.1 Å². The highest BCUT2D eigenvalue weighted by atomic mass is 16.5. The number of carboxylic acid groups (broad SMARTS) is 1. The number of carboxylic acids is 1. The van der Waals surface area contributed by atoms with Gasteiger partial charge in [-0.05, 0) is 40.2 Å². The van der Waals surface area contributed by atoms with Gasteiger partial charge in [0, 0.05) is 18.4 Å². The smallest absolute Gasteiger partial charge is 0.407 e. The first-order chi connectivity index (χ1) is 17.0. The highest BCUT2D eigenvalue weighted by Crippen LogP contribution is 2.44. The largest absolute Gasteiger partial charge is 0.479 e. The molecule has 0 unspecified atom stereocenters. The number of carbonyl (C=O) groups is 3. The number of aliphatic carboxylic acids is 1. The van der Waals surface area contributed by atoms with Crippen molar-refractivity contribution in [1.29, 1.82) is 0 Å². The summed E-state index contributed by atoms with van der Waals surface area (Å²) in [5.74, 6) is -1.81. The monoisotopic (exact) mass is 470 g/mol. The van der Waals surface area contributed by atoms with E-state index in [1.807, 2.05) is 24.3 Å². The first-order valence-corrected chi connectivity index (χ1v) is 11.7. The van der Waals surface area contributed by atoms with Crippen LogP contribution in [0.5, 0.6) is 0 Å². The molecule has 7 nitrogen and oxygen atoms in total. The number of rotatable bonds is 8. The Morgan fingerprint density at radius 2 is 1.49 bits per heavy atom. The molecule has 3 N–H and O–H groups in total. The second-order valence-electron chi connectivity index (χ2n) is 9.00. The average Bonchev–Trinajstić information content (AvgIpc) is 3.60. The number of amides is 2. The van der Waals surface area contributed by atoms with Crippen LogP contribution < -0.4 is 10.6 Å². The summed E-state index contributed by atoms with van der Waals surface area (Å²) in [4.78, 5) is 36.6. The number of benzene rings is 3. The Bertz CT molecular complexity index is 1210. The number of hydrogen-bond acceptors (Lipinski definition) is 4. The zero-order valence-corrected chi connectivity index (χ0v) is 19.0. The van der Waals surface area contributed by atoms with E-state index in [2.05, 4.69) is 34.9 Å². The van der Waals surface area contributed by atoms with Gasteiger partial charge >= 0.3 is 12.1 Å². The highest BCUT2D eigenvalue weighted by molar-refractivity contribution is 5.87. The van der Waals surface area contributed by atoms with Gasteiger partial charge in [-0.25, -0.2) is 9.59 Å². The molecule has 0 aliphatic heterocycles. The molecule has 2 aliphatic carbocycles. The van der Waals surface area contributed by atoms with E-state index in [4.69, 9.17) is 4.74 Å². The number of nitrogens with one attached hydrogen (secondary N) is 2. The average molecular weight is 471 g/mol. The molecule has 0 heterocycles. The molecule has 1 saturated carbocycles. The maximum Gasteiger partial charge on any atom is 0.407 e. The van der Waals surface area contributed by atoms with E-state index in [0.717, 1.165) is 11.1 Å². The van der Waals surface area contributed by atoms with Gasteiger partial charge in [0.15, 0.2) is 6.04 Å². The van der Waals surface area contributed by atoms with E-state index in [0.29, 0.717) is 18.5 Å². The van der Waals surface area contributed by atoms with Crippen molar-refractivity contribution in [2.75, 3.05) is 13.2 Å². The molecule has 1 fully saturated rings. The Hall–Kier alpha value is -4.13. The summed E-state index contributed by atoms with van der Waals surface area (Å²) in [6.45, 7) is 0.531. The molecule has 3 aromatic rings. The minimum atomic E-state index is -1.11. The molecule has 3 aromatic carbocycles. The lowest BCUT2D eigenvalue weighted by atomic mass is 9.98. The lowest BCUT2D eigenvalue weighted by Crippen LogP contribution is -2.35. The maximum atomic E-state index is 12.6. The van der Waals surface area contributed by atoms with Crippen LogP contribution in [0.3, 0.4) is 0 Å². The third-order valence-corrected chi connectivity index (χ3v) is 6.78. The summed E-state index contributed by atoms with van der Waals surface area (Å²) >= 11 is 0. The second-order valence-corrected chi connectivity index (χ2v) is 9.00. The van der Waals surface area contributed by atoms with Crippen molar-refractivity contribution in [3.63, 3.8) is 0 Å². The summed E-state index contributed by atoms with van der Waals surface area (Å²) in [6, 6.07) is 23.8. The molecular formula is C28H26N2O5. The highest BCUT2D eigenvalue weighted by Gasteiger charge is 2.44. The molecule has 0 radical (unpaired) electrons. The fraction of sp³-hybridized carbons (Fsp3) is 0.250. The van der Waals surface area contributed by atoms with Crippen LogP contribution in [-0.2, 0) is 14.3 Å². The van der Waals surface area contributed by atoms with Gasteiger partial charge in [0.25, 0.3) is 0 Å². The molecule has 0 bridgehead atoms. The van der Waals surface area contributed by atoms with Crippen LogP contribution in [0.25, 0.3) is 11.1 Å². The molecule has 178 valence electrons. The van der Waals surface area contributed by atoms with Crippen molar-refractivity contribution < 1.29 is 24.2 Å². The fourth-order valence-corrected chi connectivity index (χ4v) is 4.84. The van der Waals surface area contributed by atoms with E-state index in [1.54, 1.807) is 30.3 Å². The van der Waals surface area contributed by atoms with Crippen molar-refractivity contribution >= 4 is 18.0 Å². The molecule has 0 spiro atoms. The Balaban J connectivity index is 1.11. The molecule has 2 amide bonds. The topological polar surface area (TPSA) is 105 Å². The van der Waals surface area contributed by atoms with Crippen LogP contribution >= 0.6 is 0 Å². The van der Waals surface area contributed by atoms with E-state index >= 15 is 0 Å². The first kappa shape index (κ1) is 22.7. The van der Waals surface area contributed by atoms with Crippen LogP contribution in [-0.4, -0.2) is 36.2 Å². The van der Waals surface area contributed by atoms with E-state index < -0.39 is 18.1 Å². The predicted octanol–water partition coefficient (Wildman–Crippen LogP) is 4.10. The number of ether oxygens (including phenoxy) is 1. The lowest BCUT2D eigenvalue weighted by molar-refractivity contribution is -0.142. The summed E-state index contributed by atoms with van der Waals surface area (Å²) in [5.41, 5.74) is 5.14. The van der Waals surface area contributed by atoms with E-state index in [-0.39, 0.29) is 30.3 Å². The molecule has 35 heavy (non-hydrogen) atoms. The Labute approximate surface area is 203 Å². The molecule has 0 saturated heterocycles. The van der Waals surface area contributed by atoms with Crippen molar-refractivity contribution in [1.82, 2.24) is 10.6 Å². The molecule has 3 atom stereocenters. The zero-order valence-electron chi connectivity index (χ0n) is 19.0. The number of alkyl carbamates (subject to hydrolysis) is 1. The Morgan fingerprint density at radius 1 is 0.886 bits per heavy atom. The minimum Gasteiger partial charge on any atom is -0.479 e. The van der Waals surface area contributed by atoms with Crippen LogP contribution in [0.4, 0.5) is 4.79 Å². The van der Waals surface area contributed by atoms with Crippen molar-refractivity contribution in [3.8, 4) is 11.1 Å². The zero-order chi connectivity index (χ0) is 24.4. The van der Waals surface area contributed by atoms with Gasteiger partial charge in [-0.2, -0.15) is 0 Å². The van der Waals surface area contributed by atoms with Gasteiger partial charge in [0.1, 0.15) is 6.61 Å². The second kappa shape index (κ2) is 9.62. The van der Waals surface area contributed by atoms with Gasteiger partial charge < -0.3 is 20.5 Å². The van der Waals surface area contributed by atoms with Crippen molar-refractivity contribution in [2.45, 2.75) is 18.4 Å². The summed E-state index contributed by atoms with van der Waals surface area (Å²) in [6.07, 6.45) is 0.0713.